The molecular formula is C14H25N3. The number of aromatic nitrogens is 2. The number of rotatable bonds is 3. The fourth-order valence-corrected chi connectivity index (χ4v) is 3.21. The van der Waals surface area contributed by atoms with E-state index in [-0.39, 0.29) is 0 Å². The first-order valence-electron chi connectivity index (χ1n) is 6.76. The monoisotopic (exact) mass is 235 g/mol. The van der Waals surface area contributed by atoms with Gasteiger partial charge in [-0.05, 0) is 39.5 Å². The van der Waals surface area contributed by atoms with Crippen LogP contribution in [0.2, 0.25) is 0 Å². The predicted molar refractivity (Wildman–Crippen MR) is 71.0 cm³/mol. The van der Waals surface area contributed by atoms with Gasteiger partial charge in [0, 0.05) is 30.4 Å². The number of hydrogen-bond donors (Lipinski definition) is 1. The highest BCUT2D eigenvalue weighted by Gasteiger charge is 2.26. The molecule has 0 bridgehead atoms. The maximum Gasteiger partial charge on any atom is 0.0644 e. The summed E-state index contributed by atoms with van der Waals surface area (Å²) in [5, 5.41) is 8.29. The highest BCUT2D eigenvalue weighted by molar-refractivity contribution is 5.27. The maximum atomic E-state index is 4.50. The van der Waals surface area contributed by atoms with E-state index in [1.807, 2.05) is 11.7 Å². The van der Waals surface area contributed by atoms with E-state index in [9.17, 15) is 0 Å². The Balaban J connectivity index is 2.11. The topological polar surface area (TPSA) is 29.9 Å². The molecule has 1 aliphatic carbocycles. The highest BCUT2D eigenvalue weighted by Crippen LogP contribution is 2.28. The quantitative estimate of drug-likeness (QED) is 0.873. The molecule has 0 radical (unpaired) electrons. The average Bonchev–Trinajstić information content (AvgIpc) is 2.74. The summed E-state index contributed by atoms with van der Waals surface area (Å²) in [6.45, 7) is 8.90. The summed E-state index contributed by atoms with van der Waals surface area (Å²) in [7, 11) is 2.02. The third-order valence-corrected chi connectivity index (χ3v) is 4.32. The van der Waals surface area contributed by atoms with Crippen LogP contribution in [0.3, 0.4) is 0 Å². The average molecular weight is 235 g/mol. The van der Waals surface area contributed by atoms with Gasteiger partial charge in [-0.1, -0.05) is 13.3 Å². The fraction of sp³-hybridized carbons (Fsp3) is 0.786. The largest absolute Gasteiger partial charge is 0.307 e. The second kappa shape index (κ2) is 4.81. The third kappa shape index (κ3) is 2.39. The van der Waals surface area contributed by atoms with Crippen LogP contribution in [0.5, 0.6) is 0 Å². The lowest BCUT2D eigenvalue weighted by molar-refractivity contribution is 0.387. The second-order valence-electron chi connectivity index (χ2n) is 5.61. The summed E-state index contributed by atoms with van der Waals surface area (Å²) in [5.74, 6) is 0.815. The van der Waals surface area contributed by atoms with Crippen LogP contribution in [0.15, 0.2) is 0 Å². The van der Waals surface area contributed by atoms with Crippen LogP contribution in [0, 0.1) is 19.8 Å². The number of nitrogens with one attached hydrogen (secondary N) is 1. The molecule has 1 aromatic rings. The number of hydrogen-bond acceptors (Lipinski definition) is 2. The van der Waals surface area contributed by atoms with Gasteiger partial charge in [0.2, 0.25) is 0 Å². The second-order valence-corrected chi connectivity index (χ2v) is 5.61. The minimum absolute atomic E-state index is 0.411. The molecule has 3 nitrogen and oxygen atoms in total. The normalized spacial score (nSPS) is 26.4. The molecule has 3 heteroatoms. The van der Waals surface area contributed by atoms with Crippen LogP contribution in [0.25, 0.3) is 0 Å². The van der Waals surface area contributed by atoms with E-state index in [0.717, 1.165) is 11.6 Å². The zero-order valence-electron chi connectivity index (χ0n) is 11.7. The fourth-order valence-electron chi connectivity index (χ4n) is 3.21. The Morgan fingerprint density at radius 1 is 1.35 bits per heavy atom. The van der Waals surface area contributed by atoms with Crippen molar-refractivity contribution in [3.8, 4) is 0 Å². The molecule has 0 amide bonds. The first-order valence-corrected chi connectivity index (χ1v) is 6.76. The molecule has 0 aromatic carbocycles. The molecule has 0 aliphatic heterocycles. The molecule has 3 unspecified atom stereocenters. The van der Waals surface area contributed by atoms with Gasteiger partial charge in [-0.15, -0.1) is 0 Å². The molecule has 2 rings (SSSR count). The summed E-state index contributed by atoms with van der Waals surface area (Å²) >= 11 is 0. The van der Waals surface area contributed by atoms with Crippen LogP contribution in [-0.2, 0) is 7.05 Å². The zero-order chi connectivity index (χ0) is 12.6. The smallest absolute Gasteiger partial charge is 0.0644 e. The number of nitrogens with zero attached hydrogens (tertiary/aromatic N) is 2. The first-order chi connectivity index (χ1) is 8.00. The lowest BCUT2D eigenvalue weighted by atomic mass is 10.0. The lowest BCUT2D eigenvalue weighted by Gasteiger charge is -2.23. The molecule has 1 heterocycles. The van der Waals surface area contributed by atoms with E-state index in [4.69, 9.17) is 0 Å². The molecule has 0 spiro atoms. The number of aryl methyl sites for hydroxylation is 2. The Hall–Kier alpha value is -0.830. The van der Waals surface area contributed by atoms with E-state index in [1.165, 1.54) is 30.5 Å². The molecule has 1 N–H and O–H groups in total. The summed E-state index contributed by atoms with van der Waals surface area (Å²) < 4.78 is 1.99. The Morgan fingerprint density at radius 2 is 2.06 bits per heavy atom. The van der Waals surface area contributed by atoms with Crippen LogP contribution < -0.4 is 5.32 Å². The van der Waals surface area contributed by atoms with E-state index in [2.05, 4.69) is 38.1 Å². The summed E-state index contributed by atoms with van der Waals surface area (Å²) in [5.41, 5.74) is 3.83. The van der Waals surface area contributed by atoms with Gasteiger partial charge in [0.05, 0.1) is 5.69 Å². The van der Waals surface area contributed by atoms with Crippen LogP contribution in [0.1, 0.15) is 56.1 Å². The van der Waals surface area contributed by atoms with Crippen LogP contribution in [-0.4, -0.2) is 15.8 Å². The van der Waals surface area contributed by atoms with Crippen molar-refractivity contribution in [3.05, 3.63) is 17.0 Å². The molecule has 96 valence electrons. The molecule has 1 saturated carbocycles. The molecule has 1 fully saturated rings. The van der Waals surface area contributed by atoms with Crippen molar-refractivity contribution in [1.82, 2.24) is 15.1 Å². The van der Waals surface area contributed by atoms with Crippen molar-refractivity contribution in [1.29, 1.82) is 0 Å². The SMILES string of the molecule is Cc1nn(C)c(C)c1C(C)NC1CCCC1C. The Morgan fingerprint density at radius 3 is 2.53 bits per heavy atom. The van der Waals surface area contributed by atoms with E-state index < -0.39 is 0 Å². The summed E-state index contributed by atoms with van der Waals surface area (Å²) in [6, 6.07) is 1.10. The minimum Gasteiger partial charge on any atom is -0.307 e. The minimum atomic E-state index is 0.411. The van der Waals surface area contributed by atoms with Crippen molar-refractivity contribution in [3.63, 3.8) is 0 Å². The van der Waals surface area contributed by atoms with Gasteiger partial charge in [0.15, 0.2) is 0 Å². The van der Waals surface area contributed by atoms with Crippen molar-refractivity contribution < 1.29 is 0 Å². The molecule has 1 aliphatic rings. The maximum absolute atomic E-state index is 4.50. The van der Waals surface area contributed by atoms with E-state index in [1.54, 1.807) is 0 Å². The molecular weight excluding hydrogens is 210 g/mol. The zero-order valence-corrected chi connectivity index (χ0v) is 11.7. The molecule has 1 aromatic heterocycles. The van der Waals surface area contributed by atoms with Gasteiger partial charge in [-0.2, -0.15) is 5.10 Å². The Labute approximate surface area is 105 Å². The van der Waals surface area contributed by atoms with Gasteiger partial charge in [0.25, 0.3) is 0 Å². The third-order valence-electron chi connectivity index (χ3n) is 4.32. The summed E-state index contributed by atoms with van der Waals surface area (Å²) in [4.78, 5) is 0. The van der Waals surface area contributed by atoms with Gasteiger partial charge in [-0.25, -0.2) is 0 Å². The highest BCUT2D eigenvalue weighted by atomic mass is 15.3. The van der Waals surface area contributed by atoms with Crippen molar-refractivity contribution >= 4 is 0 Å². The molecule has 0 saturated heterocycles. The van der Waals surface area contributed by atoms with Gasteiger partial charge in [-0.3, -0.25) is 4.68 Å². The Kier molecular flexibility index (Phi) is 3.57. The van der Waals surface area contributed by atoms with Crippen molar-refractivity contribution in [2.45, 2.75) is 59.0 Å². The van der Waals surface area contributed by atoms with Crippen LogP contribution in [0.4, 0.5) is 0 Å². The van der Waals surface area contributed by atoms with Crippen LogP contribution >= 0.6 is 0 Å². The van der Waals surface area contributed by atoms with Crippen molar-refractivity contribution in [2.75, 3.05) is 0 Å². The Bertz CT molecular complexity index is 394. The standard InChI is InChI=1S/C14H25N3/c1-9-7-6-8-13(9)15-10(2)14-11(3)16-17(5)12(14)4/h9-10,13,15H,6-8H2,1-5H3. The van der Waals surface area contributed by atoms with E-state index in [0.29, 0.717) is 12.1 Å². The van der Waals surface area contributed by atoms with Crippen molar-refractivity contribution in [2.24, 2.45) is 13.0 Å². The van der Waals surface area contributed by atoms with E-state index >= 15 is 0 Å². The van der Waals surface area contributed by atoms with Gasteiger partial charge >= 0.3 is 0 Å². The molecule has 17 heavy (non-hydrogen) atoms. The predicted octanol–water partition coefficient (Wildman–Crippen LogP) is 2.88. The van der Waals surface area contributed by atoms with Gasteiger partial charge in [0.1, 0.15) is 0 Å². The lowest BCUT2D eigenvalue weighted by Crippen LogP contribution is -2.33. The van der Waals surface area contributed by atoms with Gasteiger partial charge < -0.3 is 5.32 Å². The molecule has 3 atom stereocenters. The summed E-state index contributed by atoms with van der Waals surface area (Å²) in [6.07, 6.45) is 4.07. The first kappa shape index (κ1) is 12.6.